The predicted molar refractivity (Wildman–Crippen MR) is 40.4 cm³/mol. The zero-order valence-corrected chi connectivity index (χ0v) is 6.74. The van der Waals surface area contributed by atoms with Gasteiger partial charge in [0.05, 0.1) is 12.3 Å². The molecule has 62 valence electrons. The zero-order chi connectivity index (χ0) is 8.27. The van der Waals surface area contributed by atoms with Crippen LogP contribution in [0, 0.1) is 6.92 Å². The minimum atomic E-state index is -0.136. The van der Waals surface area contributed by atoms with Gasteiger partial charge in [0.2, 0.25) is 5.88 Å². The maximum Gasteiger partial charge on any atom is 0.214 e. The lowest BCUT2D eigenvalue weighted by Gasteiger charge is -2.02. The highest BCUT2D eigenvalue weighted by Crippen LogP contribution is 2.11. The largest absolute Gasteiger partial charge is 0.478 e. The normalized spacial score (nSPS) is 10.1. The summed E-state index contributed by atoms with van der Waals surface area (Å²) in [6.07, 6.45) is 0. The van der Waals surface area contributed by atoms with Crippen LogP contribution in [0.1, 0.15) is 12.6 Å². The van der Waals surface area contributed by atoms with E-state index < -0.39 is 0 Å². The lowest BCUT2D eigenvalue weighted by Crippen LogP contribution is -2.03. The van der Waals surface area contributed by atoms with E-state index in [1.54, 1.807) is 6.07 Å². The van der Waals surface area contributed by atoms with Crippen LogP contribution in [0.2, 0.25) is 0 Å². The van der Waals surface area contributed by atoms with E-state index >= 15 is 0 Å². The van der Waals surface area contributed by atoms with Crippen LogP contribution in [-0.2, 0) is 6.73 Å². The third-order valence-corrected chi connectivity index (χ3v) is 1.29. The fraction of sp³-hybridized carbons (Fsp3) is 0.571. The van der Waals surface area contributed by atoms with Crippen LogP contribution in [0.25, 0.3) is 0 Å². The number of hydrogen-bond donors (Lipinski definition) is 1. The summed E-state index contributed by atoms with van der Waals surface area (Å²) < 4.78 is 6.60. The Balaban J connectivity index is 2.83. The van der Waals surface area contributed by atoms with Gasteiger partial charge in [-0.05, 0) is 13.8 Å². The van der Waals surface area contributed by atoms with Gasteiger partial charge in [-0.2, -0.15) is 5.10 Å². The highest BCUT2D eigenvalue weighted by Gasteiger charge is 2.03. The van der Waals surface area contributed by atoms with Crippen molar-refractivity contribution >= 4 is 0 Å². The molecule has 0 spiro atoms. The summed E-state index contributed by atoms with van der Waals surface area (Å²) in [4.78, 5) is 0. The van der Waals surface area contributed by atoms with Crippen LogP contribution in [-0.4, -0.2) is 21.5 Å². The minimum absolute atomic E-state index is 0.136. The van der Waals surface area contributed by atoms with Gasteiger partial charge in [0.1, 0.15) is 6.73 Å². The highest BCUT2D eigenvalue weighted by atomic mass is 16.5. The molecule has 0 radical (unpaired) electrons. The van der Waals surface area contributed by atoms with E-state index in [9.17, 15) is 0 Å². The molecule has 0 aromatic carbocycles. The van der Waals surface area contributed by atoms with Crippen LogP contribution < -0.4 is 4.74 Å². The van der Waals surface area contributed by atoms with Gasteiger partial charge in [0.25, 0.3) is 0 Å². The SMILES string of the molecule is CCOc1cc(C)nn1CO. The average Bonchev–Trinajstić information content (AvgIpc) is 2.32. The minimum Gasteiger partial charge on any atom is -0.478 e. The van der Waals surface area contributed by atoms with E-state index in [-0.39, 0.29) is 6.73 Å². The standard InChI is InChI=1S/C7H12N2O2/c1-3-11-7-4-6(2)8-9(7)5-10/h4,10H,3,5H2,1-2H3. The van der Waals surface area contributed by atoms with E-state index in [1.807, 2.05) is 13.8 Å². The highest BCUT2D eigenvalue weighted by molar-refractivity contribution is 5.14. The second-order valence-electron chi connectivity index (χ2n) is 2.20. The summed E-state index contributed by atoms with van der Waals surface area (Å²) in [5.41, 5.74) is 0.850. The Bertz CT molecular complexity index is 232. The predicted octanol–water partition coefficient (Wildman–Crippen LogP) is 0.540. The second kappa shape index (κ2) is 3.39. The van der Waals surface area contributed by atoms with Gasteiger partial charge in [0.15, 0.2) is 0 Å². The third-order valence-electron chi connectivity index (χ3n) is 1.29. The van der Waals surface area contributed by atoms with Crippen LogP contribution >= 0.6 is 0 Å². The molecule has 4 heteroatoms. The van der Waals surface area contributed by atoms with E-state index in [0.717, 1.165) is 5.69 Å². The number of rotatable bonds is 3. The van der Waals surface area contributed by atoms with Gasteiger partial charge in [-0.15, -0.1) is 0 Å². The van der Waals surface area contributed by atoms with Crippen molar-refractivity contribution in [1.82, 2.24) is 9.78 Å². The van der Waals surface area contributed by atoms with Crippen LogP contribution in [0.4, 0.5) is 0 Å². The molecule has 0 unspecified atom stereocenters. The molecule has 0 bridgehead atoms. The number of ether oxygens (including phenoxy) is 1. The Morgan fingerprint density at radius 1 is 1.73 bits per heavy atom. The van der Waals surface area contributed by atoms with Gasteiger partial charge in [-0.3, -0.25) is 0 Å². The molecule has 0 aliphatic rings. The summed E-state index contributed by atoms with van der Waals surface area (Å²) in [5, 5.41) is 12.8. The molecule has 0 fully saturated rings. The molecular formula is C7H12N2O2. The zero-order valence-electron chi connectivity index (χ0n) is 6.74. The number of nitrogens with zero attached hydrogens (tertiary/aromatic N) is 2. The lowest BCUT2D eigenvalue weighted by atomic mass is 10.5. The summed E-state index contributed by atoms with van der Waals surface area (Å²) in [5.74, 6) is 0.618. The van der Waals surface area contributed by atoms with Crippen molar-refractivity contribution < 1.29 is 9.84 Å². The van der Waals surface area contributed by atoms with Crippen molar-refractivity contribution in [3.8, 4) is 5.88 Å². The number of aryl methyl sites for hydroxylation is 1. The topological polar surface area (TPSA) is 47.3 Å². The Hall–Kier alpha value is -1.03. The first-order valence-corrected chi connectivity index (χ1v) is 3.56. The average molecular weight is 156 g/mol. The molecular weight excluding hydrogens is 144 g/mol. The molecule has 0 saturated carbocycles. The first-order chi connectivity index (χ1) is 5.27. The molecule has 4 nitrogen and oxygen atoms in total. The molecule has 0 aliphatic carbocycles. The summed E-state index contributed by atoms with van der Waals surface area (Å²) in [7, 11) is 0. The molecule has 0 amide bonds. The second-order valence-corrected chi connectivity index (χ2v) is 2.20. The number of aliphatic hydroxyl groups excluding tert-OH is 1. The number of hydrogen-bond acceptors (Lipinski definition) is 3. The van der Waals surface area contributed by atoms with Crippen LogP contribution in [0.3, 0.4) is 0 Å². The fourth-order valence-electron chi connectivity index (χ4n) is 0.887. The summed E-state index contributed by atoms with van der Waals surface area (Å²) in [6, 6.07) is 1.79. The van der Waals surface area contributed by atoms with Crippen LogP contribution in [0.5, 0.6) is 5.88 Å². The van der Waals surface area contributed by atoms with E-state index in [4.69, 9.17) is 9.84 Å². The molecule has 1 heterocycles. The van der Waals surface area contributed by atoms with Gasteiger partial charge in [-0.1, -0.05) is 0 Å². The first-order valence-electron chi connectivity index (χ1n) is 3.56. The number of aromatic nitrogens is 2. The van der Waals surface area contributed by atoms with Crippen molar-refractivity contribution in [3.63, 3.8) is 0 Å². The molecule has 1 rings (SSSR count). The van der Waals surface area contributed by atoms with Crippen molar-refractivity contribution in [3.05, 3.63) is 11.8 Å². The molecule has 0 atom stereocenters. The van der Waals surface area contributed by atoms with E-state index in [2.05, 4.69) is 5.10 Å². The molecule has 1 aromatic rings. The summed E-state index contributed by atoms with van der Waals surface area (Å²) >= 11 is 0. The Kier molecular flexibility index (Phi) is 2.48. The monoisotopic (exact) mass is 156 g/mol. The molecule has 0 aliphatic heterocycles. The van der Waals surface area contributed by atoms with Gasteiger partial charge in [0, 0.05) is 6.07 Å². The van der Waals surface area contributed by atoms with E-state index in [0.29, 0.717) is 12.5 Å². The Morgan fingerprint density at radius 2 is 2.45 bits per heavy atom. The molecule has 11 heavy (non-hydrogen) atoms. The fourth-order valence-corrected chi connectivity index (χ4v) is 0.887. The third kappa shape index (κ3) is 1.71. The molecule has 1 N–H and O–H groups in total. The smallest absolute Gasteiger partial charge is 0.214 e. The van der Waals surface area contributed by atoms with Crippen LogP contribution in [0.15, 0.2) is 6.07 Å². The number of aliphatic hydroxyl groups is 1. The maximum atomic E-state index is 8.78. The maximum absolute atomic E-state index is 8.78. The Morgan fingerprint density at radius 3 is 3.00 bits per heavy atom. The van der Waals surface area contributed by atoms with Crippen molar-refractivity contribution in [2.75, 3.05) is 6.61 Å². The first kappa shape index (κ1) is 8.07. The van der Waals surface area contributed by atoms with Gasteiger partial charge in [-0.25, -0.2) is 4.68 Å². The van der Waals surface area contributed by atoms with E-state index in [1.165, 1.54) is 4.68 Å². The molecule has 1 aromatic heterocycles. The quantitative estimate of drug-likeness (QED) is 0.694. The summed E-state index contributed by atoms with van der Waals surface area (Å²) in [6.45, 7) is 4.20. The Labute approximate surface area is 65.4 Å². The van der Waals surface area contributed by atoms with Gasteiger partial charge < -0.3 is 9.84 Å². The lowest BCUT2D eigenvalue weighted by molar-refractivity contribution is 0.172. The van der Waals surface area contributed by atoms with Crippen molar-refractivity contribution in [1.29, 1.82) is 0 Å². The molecule has 0 saturated heterocycles. The van der Waals surface area contributed by atoms with Gasteiger partial charge >= 0.3 is 0 Å². The van der Waals surface area contributed by atoms with Crippen molar-refractivity contribution in [2.24, 2.45) is 0 Å². The van der Waals surface area contributed by atoms with Crippen molar-refractivity contribution in [2.45, 2.75) is 20.6 Å².